The van der Waals surface area contributed by atoms with Crippen LogP contribution in [0.2, 0.25) is 0 Å². The number of aryl methyl sites for hydroxylation is 1. The van der Waals surface area contributed by atoms with Crippen LogP contribution in [0.1, 0.15) is 34.3 Å². The SMILES string of the molecule is COCCN(CC(=O)N(Cc1ccc(C)cc1)C1CCN(C(=O)c2cccc3ccccc23)CC1)S(=O)(=O)c1ccccc1. The van der Waals surface area contributed by atoms with E-state index in [1.165, 1.54) is 23.5 Å². The Morgan fingerprint density at radius 3 is 2.23 bits per heavy atom. The van der Waals surface area contributed by atoms with Crippen molar-refractivity contribution in [3.63, 3.8) is 0 Å². The fourth-order valence-corrected chi connectivity index (χ4v) is 7.13. The summed E-state index contributed by atoms with van der Waals surface area (Å²) in [5.41, 5.74) is 2.76. The molecule has 1 aliphatic heterocycles. The van der Waals surface area contributed by atoms with Gasteiger partial charge >= 0.3 is 0 Å². The second-order valence-electron chi connectivity index (χ2n) is 11.2. The van der Waals surface area contributed by atoms with E-state index in [1.807, 2.05) is 78.6 Å². The highest BCUT2D eigenvalue weighted by Gasteiger charge is 2.33. The topological polar surface area (TPSA) is 87.2 Å². The highest BCUT2D eigenvalue weighted by atomic mass is 32.2. The van der Waals surface area contributed by atoms with Crippen LogP contribution in [-0.2, 0) is 26.1 Å². The number of hydrogen-bond acceptors (Lipinski definition) is 5. The van der Waals surface area contributed by atoms with Crippen LogP contribution in [0.15, 0.2) is 102 Å². The molecule has 0 bridgehead atoms. The number of nitrogens with zero attached hydrogens (tertiary/aromatic N) is 3. The highest BCUT2D eigenvalue weighted by Crippen LogP contribution is 2.25. The van der Waals surface area contributed by atoms with Gasteiger partial charge in [-0.3, -0.25) is 9.59 Å². The molecule has 1 fully saturated rings. The molecule has 2 amide bonds. The van der Waals surface area contributed by atoms with Crippen LogP contribution < -0.4 is 0 Å². The van der Waals surface area contributed by atoms with E-state index in [2.05, 4.69) is 0 Å². The van der Waals surface area contributed by atoms with E-state index >= 15 is 0 Å². The summed E-state index contributed by atoms with van der Waals surface area (Å²) < 4.78 is 33.5. The lowest BCUT2D eigenvalue weighted by Crippen LogP contribution is -2.51. The van der Waals surface area contributed by atoms with Gasteiger partial charge in [0.05, 0.1) is 18.0 Å². The molecule has 0 aliphatic carbocycles. The Morgan fingerprint density at radius 1 is 0.864 bits per heavy atom. The average molecular weight is 614 g/mol. The molecular formula is C35H39N3O5S. The van der Waals surface area contributed by atoms with Gasteiger partial charge in [-0.05, 0) is 54.3 Å². The molecule has 0 N–H and O–H groups in total. The first-order chi connectivity index (χ1) is 21.3. The second kappa shape index (κ2) is 14.2. The Labute approximate surface area is 259 Å². The van der Waals surface area contributed by atoms with Gasteiger partial charge in [0, 0.05) is 44.9 Å². The largest absolute Gasteiger partial charge is 0.383 e. The van der Waals surface area contributed by atoms with E-state index in [0.717, 1.165) is 21.9 Å². The van der Waals surface area contributed by atoms with E-state index in [4.69, 9.17) is 4.74 Å². The summed E-state index contributed by atoms with van der Waals surface area (Å²) in [5, 5.41) is 1.95. The number of rotatable bonds is 11. The lowest BCUT2D eigenvalue weighted by molar-refractivity contribution is -0.135. The normalized spacial score (nSPS) is 14.2. The molecule has 0 unspecified atom stereocenters. The molecule has 0 spiro atoms. The van der Waals surface area contributed by atoms with Gasteiger partial charge in [-0.2, -0.15) is 4.31 Å². The molecule has 1 heterocycles. The number of ether oxygens (including phenoxy) is 1. The maximum absolute atomic E-state index is 14.0. The van der Waals surface area contributed by atoms with Gasteiger partial charge in [0.2, 0.25) is 15.9 Å². The zero-order valence-electron chi connectivity index (χ0n) is 25.3. The van der Waals surface area contributed by atoms with E-state index in [0.29, 0.717) is 38.0 Å². The minimum atomic E-state index is -3.93. The Morgan fingerprint density at radius 2 is 1.52 bits per heavy atom. The Balaban J connectivity index is 1.36. The van der Waals surface area contributed by atoms with Crippen molar-refractivity contribution in [2.24, 2.45) is 0 Å². The minimum absolute atomic E-state index is 0.0173. The van der Waals surface area contributed by atoms with E-state index in [1.54, 1.807) is 23.1 Å². The van der Waals surface area contributed by atoms with Gasteiger partial charge in [0.1, 0.15) is 0 Å². The van der Waals surface area contributed by atoms with Gasteiger partial charge in [-0.15, -0.1) is 0 Å². The molecule has 0 aromatic heterocycles. The summed E-state index contributed by atoms with van der Waals surface area (Å²) >= 11 is 0. The van der Waals surface area contributed by atoms with Crippen LogP contribution in [0.3, 0.4) is 0 Å². The van der Waals surface area contributed by atoms with E-state index in [-0.39, 0.29) is 42.4 Å². The quantitative estimate of drug-likeness (QED) is 0.235. The molecule has 5 rings (SSSR count). The van der Waals surface area contributed by atoms with Crippen molar-refractivity contribution in [3.8, 4) is 0 Å². The first-order valence-corrected chi connectivity index (χ1v) is 16.4. The predicted octanol–water partition coefficient (Wildman–Crippen LogP) is 5.12. The van der Waals surface area contributed by atoms with Gasteiger partial charge < -0.3 is 14.5 Å². The predicted molar refractivity (Wildman–Crippen MR) is 172 cm³/mol. The third-order valence-corrected chi connectivity index (χ3v) is 10.1. The number of carbonyl (C=O) groups excluding carboxylic acids is 2. The summed E-state index contributed by atoms with van der Waals surface area (Å²) in [5.74, 6) is -0.295. The summed E-state index contributed by atoms with van der Waals surface area (Å²) in [4.78, 5) is 31.4. The highest BCUT2D eigenvalue weighted by molar-refractivity contribution is 7.89. The monoisotopic (exact) mass is 613 g/mol. The zero-order valence-corrected chi connectivity index (χ0v) is 26.1. The van der Waals surface area contributed by atoms with E-state index in [9.17, 15) is 18.0 Å². The minimum Gasteiger partial charge on any atom is -0.383 e. The smallest absolute Gasteiger partial charge is 0.254 e. The zero-order chi connectivity index (χ0) is 31.1. The second-order valence-corrected chi connectivity index (χ2v) is 13.1. The number of methoxy groups -OCH3 is 1. The molecule has 0 saturated carbocycles. The van der Waals surface area contributed by atoms with Crippen LogP contribution in [0.5, 0.6) is 0 Å². The fourth-order valence-electron chi connectivity index (χ4n) is 5.73. The van der Waals surface area contributed by atoms with Crippen molar-refractivity contribution in [1.29, 1.82) is 0 Å². The number of sulfonamides is 1. The molecule has 4 aromatic rings. The van der Waals surface area contributed by atoms with E-state index < -0.39 is 10.0 Å². The number of fused-ring (bicyclic) bond motifs is 1. The summed E-state index contributed by atoms with van der Waals surface area (Å²) in [6, 6.07) is 29.7. The number of benzene rings is 4. The van der Waals surface area contributed by atoms with Crippen LogP contribution in [0, 0.1) is 6.92 Å². The van der Waals surface area contributed by atoms with Crippen LogP contribution in [0.4, 0.5) is 0 Å². The van der Waals surface area contributed by atoms with Gasteiger partial charge in [0.15, 0.2) is 0 Å². The van der Waals surface area contributed by atoms with Gasteiger partial charge in [-0.25, -0.2) is 8.42 Å². The Bertz CT molecular complexity index is 1680. The third-order valence-electron chi connectivity index (χ3n) is 8.24. The standard InChI is InChI=1S/C35H39N3O5S/c1-27-15-17-28(18-16-27)25-38(34(39)26-37(23-24-43-2)44(41,42)31-11-4-3-5-12-31)30-19-21-36(22-20-30)35(40)33-14-8-10-29-9-6-7-13-32(29)33/h3-18,30H,19-26H2,1-2H3. The van der Waals surface area contributed by atoms with Gasteiger partial charge in [-0.1, -0.05) is 84.4 Å². The number of carbonyl (C=O) groups is 2. The van der Waals surface area contributed by atoms with Crippen LogP contribution >= 0.6 is 0 Å². The van der Waals surface area contributed by atoms with Crippen molar-refractivity contribution in [3.05, 3.63) is 114 Å². The molecule has 1 aliphatic rings. The lowest BCUT2D eigenvalue weighted by atomic mass is 9.99. The molecule has 0 radical (unpaired) electrons. The van der Waals surface area contributed by atoms with Crippen molar-refractivity contribution < 1.29 is 22.7 Å². The average Bonchev–Trinajstić information content (AvgIpc) is 3.06. The molecule has 8 nitrogen and oxygen atoms in total. The van der Waals surface area contributed by atoms with Crippen molar-refractivity contribution in [2.75, 3.05) is 39.9 Å². The molecule has 9 heteroatoms. The van der Waals surface area contributed by atoms with Crippen molar-refractivity contribution in [1.82, 2.24) is 14.1 Å². The fraction of sp³-hybridized carbons (Fsp3) is 0.314. The molecule has 44 heavy (non-hydrogen) atoms. The van der Waals surface area contributed by atoms with Crippen molar-refractivity contribution in [2.45, 2.75) is 37.2 Å². The molecule has 4 aromatic carbocycles. The number of amides is 2. The summed E-state index contributed by atoms with van der Waals surface area (Å²) in [6.45, 7) is 3.27. The number of piperidine rings is 1. The summed E-state index contributed by atoms with van der Waals surface area (Å²) in [7, 11) is -2.42. The lowest BCUT2D eigenvalue weighted by Gasteiger charge is -2.39. The van der Waals surface area contributed by atoms with Crippen molar-refractivity contribution >= 4 is 32.6 Å². The number of hydrogen-bond donors (Lipinski definition) is 0. The van der Waals surface area contributed by atoms with Crippen LogP contribution in [-0.4, -0.2) is 80.3 Å². The maximum atomic E-state index is 14.0. The Kier molecular flexibility index (Phi) is 10.1. The number of likely N-dealkylation sites (tertiary alicyclic amines) is 1. The first-order valence-electron chi connectivity index (χ1n) is 14.9. The molecule has 230 valence electrons. The molecule has 0 atom stereocenters. The van der Waals surface area contributed by atoms with Gasteiger partial charge in [0.25, 0.3) is 5.91 Å². The first kappa shape index (κ1) is 31.4. The Hall–Kier alpha value is -4.05. The van der Waals surface area contributed by atoms with Crippen LogP contribution in [0.25, 0.3) is 10.8 Å². The third kappa shape index (κ3) is 7.18. The summed E-state index contributed by atoms with van der Waals surface area (Å²) in [6.07, 6.45) is 1.19. The molecule has 1 saturated heterocycles. The maximum Gasteiger partial charge on any atom is 0.254 e. The molecular weight excluding hydrogens is 574 g/mol.